The minimum Gasteiger partial charge on any atom is -0.466 e. The third-order valence-corrected chi connectivity index (χ3v) is 8.81. The Balaban J connectivity index is 1.80. The first kappa shape index (κ1) is 27.4. The molecule has 0 amide bonds. The fourth-order valence-electron chi connectivity index (χ4n) is 6.76. The van der Waals surface area contributed by atoms with Gasteiger partial charge in [0.15, 0.2) is 0 Å². The summed E-state index contributed by atoms with van der Waals surface area (Å²) in [5.41, 5.74) is 1.87. The first-order valence-corrected chi connectivity index (χ1v) is 13.4. The molecule has 0 aromatic rings. The van der Waals surface area contributed by atoms with Crippen LogP contribution in [0.25, 0.3) is 0 Å². The van der Waals surface area contributed by atoms with E-state index in [0.29, 0.717) is 36.2 Å². The average molecular weight is 450 g/mol. The molecule has 0 aliphatic heterocycles. The van der Waals surface area contributed by atoms with Crippen molar-refractivity contribution in [3.8, 4) is 0 Å². The van der Waals surface area contributed by atoms with Crippen LogP contribution in [0.4, 0.5) is 0 Å². The maximum absolute atomic E-state index is 12.3. The van der Waals surface area contributed by atoms with Crippen LogP contribution in [0.2, 0.25) is 0 Å². The van der Waals surface area contributed by atoms with Gasteiger partial charge in [0.1, 0.15) is 0 Å². The van der Waals surface area contributed by atoms with E-state index >= 15 is 0 Å². The van der Waals surface area contributed by atoms with E-state index in [-0.39, 0.29) is 18.0 Å². The monoisotopic (exact) mass is 449 g/mol. The molecular formula is C28H51NO3. The Morgan fingerprint density at radius 2 is 1.94 bits per heavy atom. The topological polar surface area (TPSA) is 49.8 Å². The lowest BCUT2D eigenvalue weighted by Gasteiger charge is -2.57. The molecule has 4 heteroatoms. The number of aliphatic hydroxyl groups is 1. The van der Waals surface area contributed by atoms with Crippen LogP contribution in [0.3, 0.4) is 0 Å². The van der Waals surface area contributed by atoms with Crippen molar-refractivity contribution < 1.29 is 14.6 Å². The molecule has 0 saturated heterocycles. The van der Waals surface area contributed by atoms with Crippen LogP contribution in [-0.2, 0) is 9.53 Å². The van der Waals surface area contributed by atoms with Crippen LogP contribution in [0, 0.1) is 28.6 Å². The van der Waals surface area contributed by atoms with Gasteiger partial charge in [0.05, 0.1) is 13.2 Å². The largest absolute Gasteiger partial charge is 0.466 e. The highest BCUT2D eigenvalue weighted by Crippen LogP contribution is 2.60. The van der Waals surface area contributed by atoms with Crippen molar-refractivity contribution in [2.45, 2.75) is 99.3 Å². The third kappa shape index (κ3) is 7.06. The molecule has 4 nitrogen and oxygen atoms in total. The predicted octanol–water partition coefficient (Wildman–Crippen LogP) is 6.23. The van der Waals surface area contributed by atoms with Gasteiger partial charge in [-0.2, -0.15) is 0 Å². The first-order chi connectivity index (χ1) is 15.2. The molecule has 0 aromatic carbocycles. The quantitative estimate of drug-likeness (QED) is 0.206. The Bertz CT molecular complexity index is 610. The van der Waals surface area contributed by atoms with Crippen molar-refractivity contribution in [2.24, 2.45) is 28.6 Å². The second kappa shape index (κ2) is 12.6. The number of esters is 1. The van der Waals surface area contributed by atoms with Crippen LogP contribution in [0.1, 0.15) is 99.3 Å². The molecule has 0 spiro atoms. The summed E-state index contributed by atoms with van der Waals surface area (Å²) in [6.45, 7) is 17.9. The number of hydrogen-bond donors (Lipinski definition) is 1. The summed E-state index contributed by atoms with van der Waals surface area (Å²) in [5, 5.41) is 10.1. The molecule has 1 fully saturated rings. The van der Waals surface area contributed by atoms with E-state index in [2.05, 4.69) is 52.5 Å². The molecule has 0 heterocycles. The predicted molar refractivity (Wildman–Crippen MR) is 134 cm³/mol. The standard InChI is InChI=1S/C28H51NO3/c1-7-29(8-2)18-9-10-19-32-26(31)20-22(3)12-14-24-23(21-30)13-15-25-27(4,5)16-11-17-28(24,25)6/h13,22,24-25,30H,7-12,14-21H2,1-6H3/t22-,24-,25-,28+/m0/s1. The van der Waals surface area contributed by atoms with Crippen LogP contribution < -0.4 is 0 Å². The van der Waals surface area contributed by atoms with Crippen molar-refractivity contribution in [1.82, 2.24) is 4.90 Å². The molecule has 0 bridgehead atoms. The lowest BCUT2D eigenvalue weighted by molar-refractivity contribution is -0.144. The maximum atomic E-state index is 12.3. The van der Waals surface area contributed by atoms with Crippen LogP contribution >= 0.6 is 0 Å². The van der Waals surface area contributed by atoms with Gasteiger partial charge in [-0.25, -0.2) is 0 Å². The highest BCUT2D eigenvalue weighted by atomic mass is 16.5. The van der Waals surface area contributed by atoms with Gasteiger partial charge in [0.25, 0.3) is 0 Å². The van der Waals surface area contributed by atoms with E-state index < -0.39 is 0 Å². The molecule has 2 aliphatic carbocycles. The molecule has 4 atom stereocenters. The lowest BCUT2D eigenvalue weighted by atomic mass is 9.48. The Morgan fingerprint density at radius 1 is 1.22 bits per heavy atom. The fraction of sp³-hybridized carbons (Fsp3) is 0.893. The number of carbonyl (C=O) groups excluding carboxylic acids is 1. The van der Waals surface area contributed by atoms with Crippen molar-refractivity contribution in [3.63, 3.8) is 0 Å². The number of nitrogens with zero attached hydrogens (tertiary/aromatic N) is 1. The first-order valence-electron chi connectivity index (χ1n) is 13.4. The van der Waals surface area contributed by atoms with Crippen molar-refractivity contribution in [3.05, 3.63) is 11.6 Å². The SMILES string of the molecule is CCN(CC)CCCCOC(=O)C[C@@H](C)CC[C@H]1C(CO)=CC[C@H]2C(C)(C)CCC[C@]12C. The van der Waals surface area contributed by atoms with Gasteiger partial charge in [-0.15, -0.1) is 0 Å². The fourth-order valence-corrected chi connectivity index (χ4v) is 6.76. The van der Waals surface area contributed by atoms with E-state index in [1.165, 1.54) is 24.8 Å². The minimum absolute atomic E-state index is 0.0511. The Labute approximate surface area is 198 Å². The molecule has 32 heavy (non-hydrogen) atoms. The van der Waals surface area contributed by atoms with E-state index in [0.717, 1.165) is 51.7 Å². The number of fused-ring (bicyclic) bond motifs is 1. The van der Waals surface area contributed by atoms with Gasteiger partial charge in [-0.3, -0.25) is 4.79 Å². The second-order valence-electron chi connectivity index (χ2n) is 11.5. The Morgan fingerprint density at radius 3 is 2.59 bits per heavy atom. The number of hydrogen-bond acceptors (Lipinski definition) is 4. The van der Waals surface area contributed by atoms with E-state index in [1.54, 1.807) is 0 Å². The molecule has 2 aliphatic rings. The molecule has 1 N–H and O–H groups in total. The molecule has 0 aromatic heterocycles. The van der Waals surface area contributed by atoms with Gasteiger partial charge in [-0.05, 0) is 98.7 Å². The molecule has 1 saturated carbocycles. The normalized spacial score (nSPS) is 28.2. The Kier molecular flexibility index (Phi) is 10.7. The van der Waals surface area contributed by atoms with Gasteiger partial charge in [0.2, 0.25) is 0 Å². The van der Waals surface area contributed by atoms with Crippen LogP contribution in [0.5, 0.6) is 0 Å². The zero-order valence-corrected chi connectivity index (χ0v) is 21.9. The highest BCUT2D eigenvalue weighted by Gasteiger charge is 2.52. The summed E-state index contributed by atoms with van der Waals surface area (Å²) in [6.07, 6.45) is 11.9. The van der Waals surface area contributed by atoms with Gasteiger partial charge in [0, 0.05) is 6.42 Å². The number of allylic oxidation sites excluding steroid dienone is 1. The number of carbonyl (C=O) groups is 1. The van der Waals surface area contributed by atoms with Gasteiger partial charge < -0.3 is 14.7 Å². The second-order valence-corrected chi connectivity index (χ2v) is 11.5. The van der Waals surface area contributed by atoms with Crippen molar-refractivity contribution in [2.75, 3.05) is 32.8 Å². The van der Waals surface area contributed by atoms with Crippen molar-refractivity contribution >= 4 is 5.97 Å². The molecule has 186 valence electrons. The number of unbranched alkanes of at least 4 members (excludes halogenated alkanes) is 1. The minimum atomic E-state index is -0.0511. The van der Waals surface area contributed by atoms with Crippen molar-refractivity contribution in [1.29, 1.82) is 0 Å². The summed E-state index contributed by atoms with van der Waals surface area (Å²) in [5.74, 6) is 1.38. The zero-order chi connectivity index (χ0) is 23.8. The number of aliphatic hydroxyl groups excluding tert-OH is 1. The third-order valence-electron chi connectivity index (χ3n) is 8.81. The van der Waals surface area contributed by atoms with Crippen LogP contribution in [-0.4, -0.2) is 48.8 Å². The summed E-state index contributed by atoms with van der Waals surface area (Å²) < 4.78 is 5.52. The zero-order valence-electron chi connectivity index (χ0n) is 21.9. The molecule has 0 unspecified atom stereocenters. The van der Waals surface area contributed by atoms with Gasteiger partial charge in [-0.1, -0.05) is 54.0 Å². The van der Waals surface area contributed by atoms with Gasteiger partial charge >= 0.3 is 5.97 Å². The molecular weight excluding hydrogens is 398 g/mol. The molecule has 2 rings (SSSR count). The molecule has 0 radical (unpaired) electrons. The summed E-state index contributed by atoms with van der Waals surface area (Å²) in [7, 11) is 0. The summed E-state index contributed by atoms with van der Waals surface area (Å²) in [4.78, 5) is 14.7. The van der Waals surface area contributed by atoms with E-state index in [4.69, 9.17) is 4.74 Å². The van der Waals surface area contributed by atoms with E-state index in [9.17, 15) is 9.90 Å². The highest BCUT2D eigenvalue weighted by molar-refractivity contribution is 5.69. The Hall–Kier alpha value is -0.870. The average Bonchev–Trinajstić information content (AvgIpc) is 2.74. The summed E-state index contributed by atoms with van der Waals surface area (Å²) >= 11 is 0. The summed E-state index contributed by atoms with van der Waals surface area (Å²) in [6, 6.07) is 0. The number of ether oxygens (including phenoxy) is 1. The number of rotatable bonds is 13. The smallest absolute Gasteiger partial charge is 0.306 e. The van der Waals surface area contributed by atoms with E-state index in [1.807, 2.05) is 0 Å². The lowest BCUT2D eigenvalue weighted by Crippen LogP contribution is -2.49. The maximum Gasteiger partial charge on any atom is 0.306 e. The van der Waals surface area contributed by atoms with Crippen LogP contribution in [0.15, 0.2) is 11.6 Å².